The molecular weight excluding hydrogens is 286 g/mol. The molecule has 2 N–H and O–H groups in total. The molecule has 0 aliphatic rings. The van der Waals surface area contributed by atoms with E-state index < -0.39 is 16.5 Å². The maximum Gasteiger partial charge on any atom is 0.283 e. The summed E-state index contributed by atoms with van der Waals surface area (Å²) in [4.78, 5) is 25.9. The predicted molar refractivity (Wildman–Crippen MR) is 72.0 cm³/mol. The van der Waals surface area contributed by atoms with Crippen LogP contribution in [0.4, 0.5) is 11.4 Å². The van der Waals surface area contributed by atoms with Crippen LogP contribution in [0.3, 0.4) is 0 Å². The fraction of sp³-hybridized carbons (Fsp3) is 0. The number of halogens is 1. The van der Waals surface area contributed by atoms with Crippen molar-refractivity contribution in [1.82, 2.24) is 4.98 Å². The van der Waals surface area contributed by atoms with Crippen LogP contribution in [0.1, 0.15) is 10.4 Å². The van der Waals surface area contributed by atoms with Crippen LogP contribution in [0.5, 0.6) is 5.75 Å². The molecule has 1 aromatic heterocycles. The Morgan fingerprint density at radius 2 is 2.15 bits per heavy atom. The van der Waals surface area contributed by atoms with Crippen molar-refractivity contribution in [2.45, 2.75) is 0 Å². The van der Waals surface area contributed by atoms with Crippen molar-refractivity contribution in [2.75, 3.05) is 5.32 Å². The summed E-state index contributed by atoms with van der Waals surface area (Å²) in [6, 6.07) is 5.28. The van der Waals surface area contributed by atoms with E-state index in [0.717, 1.165) is 6.20 Å². The fourth-order valence-electron chi connectivity index (χ4n) is 1.57. The molecule has 7 nitrogen and oxygen atoms in total. The number of pyridine rings is 1. The summed E-state index contributed by atoms with van der Waals surface area (Å²) in [5, 5.41) is 22.7. The van der Waals surface area contributed by atoms with Gasteiger partial charge in [0, 0.05) is 12.3 Å². The first-order valence-corrected chi connectivity index (χ1v) is 5.75. The standard InChI is InChI=1S/C12H8ClN3O4/c13-7-2-1-3-9(16(19)20)11(7)12(18)15-8-4-5-14-6-10(8)17/h1-6,17H,(H,14,15,18). The van der Waals surface area contributed by atoms with E-state index in [1.165, 1.54) is 30.5 Å². The lowest BCUT2D eigenvalue weighted by Gasteiger charge is -2.08. The third kappa shape index (κ3) is 2.67. The molecule has 0 radical (unpaired) electrons. The average Bonchev–Trinajstić information content (AvgIpc) is 2.40. The van der Waals surface area contributed by atoms with Crippen molar-refractivity contribution in [3.8, 4) is 5.75 Å². The zero-order valence-corrected chi connectivity index (χ0v) is 10.7. The molecular formula is C12H8ClN3O4. The van der Waals surface area contributed by atoms with E-state index in [1.807, 2.05) is 0 Å². The Morgan fingerprint density at radius 3 is 2.80 bits per heavy atom. The molecule has 102 valence electrons. The number of carbonyl (C=O) groups is 1. The van der Waals surface area contributed by atoms with Gasteiger partial charge in [0.2, 0.25) is 0 Å². The Bertz CT molecular complexity index is 690. The Balaban J connectivity index is 2.40. The van der Waals surface area contributed by atoms with Crippen LogP contribution in [-0.2, 0) is 0 Å². The average molecular weight is 294 g/mol. The molecule has 0 bridgehead atoms. The summed E-state index contributed by atoms with van der Waals surface area (Å²) in [5.41, 5.74) is -0.599. The van der Waals surface area contributed by atoms with E-state index in [-0.39, 0.29) is 22.0 Å². The summed E-state index contributed by atoms with van der Waals surface area (Å²) < 4.78 is 0. The van der Waals surface area contributed by atoms with Crippen molar-refractivity contribution in [1.29, 1.82) is 0 Å². The Hall–Kier alpha value is -2.67. The Labute approximate surface area is 118 Å². The minimum Gasteiger partial charge on any atom is -0.504 e. The van der Waals surface area contributed by atoms with E-state index in [1.54, 1.807) is 0 Å². The third-order valence-corrected chi connectivity index (χ3v) is 2.78. The van der Waals surface area contributed by atoms with E-state index >= 15 is 0 Å². The number of hydrogen-bond donors (Lipinski definition) is 2. The number of hydrogen-bond acceptors (Lipinski definition) is 5. The van der Waals surface area contributed by atoms with E-state index in [2.05, 4.69) is 10.3 Å². The van der Waals surface area contributed by atoms with Gasteiger partial charge < -0.3 is 10.4 Å². The SMILES string of the molecule is O=C(Nc1ccncc1O)c1c(Cl)cccc1[N+](=O)[O-]. The van der Waals surface area contributed by atoms with Crippen LogP contribution >= 0.6 is 11.6 Å². The number of aromatic nitrogens is 1. The topological polar surface area (TPSA) is 105 Å². The number of amides is 1. The molecule has 0 saturated heterocycles. The molecule has 0 atom stereocenters. The normalized spacial score (nSPS) is 10.1. The lowest BCUT2D eigenvalue weighted by molar-refractivity contribution is -0.385. The highest BCUT2D eigenvalue weighted by molar-refractivity contribution is 6.35. The van der Waals surface area contributed by atoms with Crippen molar-refractivity contribution in [3.05, 3.63) is 57.4 Å². The smallest absolute Gasteiger partial charge is 0.283 e. The van der Waals surface area contributed by atoms with Crippen LogP contribution in [0.25, 0.3) is 0 Å². The van der Waals surface area contributed by atoms with Gasteiger partial charge in [-0.15, -0.1) is 0 Å². The maximum absolute atomic E-state index is 12.1. The van der Waals surface area contributed by atoms with Crippen LogP contribution in [0.2, 0.25) is 5.02 Å². The summed E-state index contributed by atoms with van der Waals surface area (Å²) in [6.45, 7) is 0. The zero-order chi connectivity index (χ0) is 14.7. The second kappa shape index (κ2) is 5.54. The van der Waals surface area contributed by atoms with Crippen molar-refractivity contribution < 1.29 is 14.8 Å². The molecule has 20 heavy (non-hydrogen) atoms. The van der Waals surface area contributed by atoms with Crippen LogP contribution in [-0.4, -0.2) is 20.9 Å². The molecule has 0 unspecified atom stereocenters. The number of aromatic hydroxyl groups is 1. The highest BCUT2D eigenvalue weighted by Gasteiger charge is 2.23. The van der Waals surface area contributed by atoms with E-state index in [4.69, 9.17) is 11.6 Å². The van der Waals surface area contributed by atoms with Gasteiger partial charge in [0.05, 0.1) is 21.8 Å². The van der Waals surface area contributed by atoms with Gasteiger partial charge in [0.25, 0.3) is 11.6 Å². The number of benzene rings is 1. The molecule has 2 rings (SSSR count). The van der Waals surface area contributed by atoms with E-state index in [0.29, 0.717) is 0 Å². The monoisotopic (exact) mass is 293 g/mol. The third-order valence-electron chi connectivity index (χ3n) is 2.46. The number of nitro groups is 1. The first-order valence-electron chi connectivity index (χ1n) is 5.38. The lowest BCUT2D eigenvalue weighted by atomic mass is 10.1. The molecule has 0 fully saturated rings. The first kappa shape index (κ1) is 13.8. The molecule has 1 aromatic carbocycles. The number of anilines is 1. The summed E-state index contributed by atoms with van der Waals surface area (Å²) in [7, 11) is 0. The van der Waals surface area contributed by atoms with Gasteiger partial charge in [0.15, 0.2) is 5.75 Å². The number of nitrogens with zero attached hydrogens (tertiary/aromatic N) is 2. The minimum absolute atomic E-state index is 0.0507. The molecule has 0 saturated carbocycles. The van der Waals surface area contributed by atoms with Crippen molar-refractivity contribution >= 4 is 28.9 Å². The second-order valence-electron chi connectivity index (χ2n) is 3.74. The fourth-order valence-corrected chi connectivity index (χ4v) is 1.82. The Morgan fingerprint density at radius 1 is 1.40 bits per heavy atom. The number of nitrogens with one attached hydrogen (secondary N) is 1. The van der Waals surface area contributed by atoms with Gasteiger partial charge in [0.1, 0.15) is 5.56 Å². The van der Waals surface area contributed by atoms with Crippen molar-refractivity contribution in [3.63, 3.8) is 0 Å². The van der Waals surface area contributed by atoms with Gasteiger partial charge in [-0.3, -0.25) is 19.9 Å². The van der Waals surface area contributed by atoms with Gasteiger partial charge >= 0.3 is 0 Å². The highest BCUT2D eigenvalue weighted by Crippen LogP contribution is 2.28. The zero-order valence-electron chi connectivity index (χ0n) is 9.91. The predicted octanol–water partition coefficient (Wildman–Crippen LogP) is 2.60. The summed E-state index contributed by atoms with van der Waals surface area (Å²) in [6.07, 6.45) is 2.49. The van der Waals surface area contributed by atoms with Crippen LogP contribution in [0, 0.1) is 10.1 Å². The molecule has 1 amide bonds. The Kier molecular flexibility index (Phi) is 3.81. The number of carbonyl (C=O) groups excluding carboxylic acids is 1. The van der Waals surface area contributed by atoms with E-state index in [9.17, 15) is 20.0 Å². The van der Waals surface area contributed by atoms with Crippen LogP contribution in [0.15, 0.2) is 36.7 Å². The van der Waals surface area contributed by atoms with Gasteiger partial charge in [-0.05, 0) is 12.1 Å². The number of rotatable bonds is 3. The molecule has 2 aromatic rings. The molecule has 0 aliphatic heterocycles. The second-order valence-corrected chi connectivity index (χ2v) is 4.15. The maximum atomic E-state index is 12.1. The van der Waals surface area contributed by atoms with Gasteiger partial charge in [-0.2, -0.15) is 0 Å². The largest absolute Gasteiger partial charge is 0.504 e. The van der Waals surface area contributed by atoms with Gasteiger partial charge in [-0.25, -0.2) is 0 Å². The highest BCUT2D eigenvalue weighted by atomic mass is 35.5. The molecule has 8 heteroatoms. The quantitative estimate of drug-likeness (QED) is 0.668. The number of nitro benzene ring substituents is 1. The lowest BCUT2D eigenvalue weighted by Crippen LogP contribution is -2.14. The molecule has 0 aliphatic carbocycles. The molecule has 1 heterocycles. The summed E-state index contributed by atoms with van der Waals surface area (Å²) in [5.74, 6) is -1.04. The van der Waals surface area contributed by atoms with Gasteiger partial charge in [-0.1, -0.05) is 17.7 Å². The minimum atomic E-state index is -0.788. The summed E-state index contributed by atoms with van der Waals surface area (Å²) >= 11 is 5.83. The van der Waals surface area contributed by atoms with Crippen LogP contribution < -0.4 is 5.32 Å². The first-order chi connectivity index (χ1) is 9.50. The molecule has 0 spiro atoms. The van der Waals surface area contributed by atoms with Crippen molar-refractivity contribution in [2.24, 2.45) is 0 Å².